The number of hydrogen-bond donors (Lipinski definition) is 2. The molecule has 1 aromatic heterocycles. The number of carbonyl (C=O) groups is 2. The summed E-state index contributed by atoms with van der Waals surface area (Å²) in [6.07, 6.45) is 0.830. The maximum atomic E-state index is 12.9. The van der Waals surface area contributed by atoms with Crippen molar-refractivity contribution in [2.75, 3.05) is 6.54 Å². The van der Waals surface area contributed by atoms with E-state index in [1.54, 1.807) is 32.0 Å². The molecule has 0 unspecified atom stereocenters. The number of carbonyl (C=O) groups excluding carboxylic acids is 1. The van der Waals surface area contributed by atoms with Crippen LogP contribution in [0.2, 0.25) is 0 Å². The van der Waals surface area contributed by atoms with E-state index in [1.807, 2.05) is 0 Å². The molecule has 0 radical (unpaired) electrons. The Morgan fingerprint density at radius 3 is 2.29 bits per heavy atom. The molecule has 0 aliphatic carbocycles. The van der Waals surface area contributed by atoms with Gasteiger partial charge in [-0.05, 0) is 49.2 Å². The summed E-state index contributed by atoms with van der Waals surface area (Å²) < 4.78 is 18.4. The molecule has 1 aromatic carbocycles. The van der Waals surface area contributed by atoms with Gasteiger partial charge in [-0.15, -0.1) is 0 Å². The highest BCUT2D eigenvalue weighted by Gasteiger charge is 2.35. The fourth-order valence-corrected chi connectivity index (χ4v) is 2.44. The molecule has 0 aliphatic rings. The highest BCUT2D eigenvalue weighted by molar-refractivity contribution is 5.92. The highest BCUT2D eigenvalue weighted by Crippen LogP contribution is 2.26. The van der Waals surface area contributed by atoms with E-state index in [4.69, 9.17) is 4.42 Å². The Balaban J connectivity index is 2.08. The van der Waals surface area contributed by atoms with E-state index >= 15 is 0 Å². The number of halogens is 1. The maximum absolute atomic E-state index is 12.9. The lowest BCUT2D eigenvalue weighted by Gasteiger charge is -2.26. The fourth-order valence-electron chi connectivity index (χ4n) is 2.44. The molecule has 0 fully saturated rings. The van der Waals surface area contributed by atoms with Crippen LogP contribution in [-0.4, -0.2) is 23.5 Å². The van der Waals surface area contributed by atoms with Crippen LogP contribution < -0.4 is 5.32 Å². The topological polar surface area (TPSA) is 79.5 Å². The number of rotatable bonds is 7. The standard InChI is InChI=1S/C18H20FNO4/c1-3-18(4-2,17(22)23)11-20-16(21)15-10-9-14(24-15)12-5-7-13(19)8-6-12/h5-10H,3-4,11H2,1-2H3,(H,20,21)(H,22,23). The zero-order valence-corrected chi connectivity index (χ0v) is 13.6. The van der Waals surface area contributed by atoms with Crippen LogP contribution in [0.4, 0.5) is 4.39 Å². The summed E-state index contributed by atoms with van der Waals surface area (Å²) in [4.78, 5) is 23.6. The molecule has 0 saturated heterocycles. The van der Waals surface area contributed by atoms with Crippen LogP contribution in [0.1, 0.15) is 37.2 Å². The number of carboxylic acid groups (broad SMARTS) is 1. The maximum Gasteiger partial charge on any atom is 0.311 e. The Morgan fingerprint density at radius 2 is 1.75 bits per heavy atom. The second-order valence-corrected chi connectivity index (χ2v) is 5.65. The van der Waals surface area contributed by atoms with E-state index in [0.717, 1.165) is 0 Å². The molecule has 2 N–H and O–H groups in total. The SMILES string of the molecule is CCC(CC)(CNC(=O)c1ccc(-c2ccc(F)cc2)o1)C(=O)O. The van der Waals surface area contributed by atoms with Gasteiger partial charge >= 0.3 is 5.97 Å². The summed E-state index contributed by atoms with van der Waals surface area (Å²) in [5.74, 6) is -1.24. The van der Waals surface area contributed by atoms with Crippen molar-refractivity contribution in [2.45, 2.75) is 26.7 Å². The summed E-state index contributed by atoms with van der Waals surface area (Å²) in [5.41, 5.74) is -0.334. The van der Waals surface area contributed by atoms with Crippen molar-refractivity contribution in [1.29, 1.82) is 0 Å². The average Bonchev–Trinajstić information content (AvgIpc) is 3.06. The molecular weight excluding hydrogens is 313 g/mol. The number of amides is 1. The molecule has 6 heteroatoms. The van der Waals surface area contributed by atoms with E-state index in [0.29, 0.717) is 24.2 Å². The second kappa shape index (κ2) is 7.29. The molecule has 0 bridgehead atoms. The second-order valence-electron chi connectivity index (χ2n) is 5.65. The quantitative estimate of drug-likeness (QED) is 0.809. The lowest BCUT2D eigenvalue weighted by molar-refractivity contribution is -0.149. The molecule has 2 aromatic rings. The third-order valence-corrected chi connectivity index (χ3v) is 4.35. The largest absolute Gasteiger partial charge is 0.481 e. The van der Waals surface area contributed by atoms with Gasteiger partial charge in [-0.25, -0.2) is 4.39 Å². The molecule has 128 valence electrons. The normalized spacial score (nSPS) is 11.3. The number of nitrogens with one attached hydrogen (secondary N) is 1. The molecule has 0 saturated carbocycles. The Hall–Kier alpha value is -2.63. The van der Waals surface area contributed by atoms with Gasteiger partial charge in [-0.2, -0.15) is 0 Å². The van der Waals surface area contributed by atoms with Crippen LogP contribution in [0, 0.1) is 11.2 Å². The van der Waals surface area contributed by atoms with Gasteiger partial charge in [0.15, 0.2) is 5.76 Å². The molecule has 24 heavy (non-hydrogen) atoms. The van der Waals surface area contributed by atoms with Gasteiger partial charge < -0.3 is 14.8 Å². The van der Waals surface area contributed by atoms with Crippen molar-refractivity contribution >= 4 is 11.9 Å². The Labute approximate surface area is 139 Å². The Morgan fingerprint density at radius 1 is 1.12 bits per heavy atom. The van der Waals surface area contributed by atoms with Crippen molar-refractivity contribution in [2.24, 2.45) is 5.41 Å². The van der Waals surface area contributed by atoms with Crippen LogP contribution in [0.5, 0.6) is 0 Å². The third-order valence-electron chi connectivity index (χ3n) is 4.35. The van der Waals surface area contributed by atoms with E-state index in [-0.39, 0.29) is 18.1 Å². The van der Waals surface area contributed by atoms with Gasteiger partial charge in [0.25, 0.3) is 5.91 Å². The molecule has 5 nitrogen and oxygen atoms in total. The van der Waals surface area contributed by atoms with Crippen LogP contribution in [0.3, 0.4) is 0 Å². The van der Waals surface area contributed by atoms with E-state index in [1.165, 1.54) is 18.2 Å². The van der Waals surface area contributed by atoms with Gasteiger partial charge in [-0.3, -0.25) is 9.59 Å². The average molecular weight is 333 g/mol. The lowest BCUT2D eigenvalue weighted by atomic mass is 9.82. The molecule has 0 aliphatic heterocycles. The van der Waals surface area contributed by atoms with Gasteiger partial charge in [0.1, 0.15) is 11.6 Å². The highest BCUT2D eigenvalue weighted by atomic mass is 19.1. The van der Waals surface area contributed by atoms with Crippen molar-refractivity contribution < 1.29 is 23.5 Å². The van der Waals surface area contributed by atoms with Crippen molar-refractivity contribution in [3.63, 3.8) is 0 Å². The van der Waals surface area contributed by atoms with Crippen LogP contribution in [0.15, 0.2) is 40.8 Å². The smallest absolute Gasteiger partial charge is 0.311 e. The van der Waals surface area contributed by atoms with Crippen molar-refractivity contribution in [3.05, 3.63) is 48.0 Å². The lowest BCUT2D eigenvalue weighted by Crippen LogP contribution is -2.42. The minimum absolute atomic E-state index is 0.0285. The van der Waals surface area contributed by atoms with Crippen molar-refractivity contribution in [3.8, 4) is 11.3 Å². The first-order chi connectivity index (χ1) is 11.4. The number of carboxylic acids is 1. The van der Waals surface area contributed by atoms with Crippen LogP contribution in [-0.2, 0) is 4.79 Å². The molecule has 1 amide bonds. The van der Waals surface area contributed by atoms with Gasteiger partial charge in [0.05, 0.1) is 5.41 Å². The molecule has 0 spiro atoms. The summed E-state index contributed by atoms with van der Waals surface area (Å²) in [6, 6.07) is 8.85. The van der Waals surface area contributed by atoms with Gasteiger partial charge in [-0.1, -0.05) is 13.8 Å². The predicted octanol–water partition coefficient (Wildman–Crippen LogP) is 3.71. The van der Waals surface area contributed by atoms with Gasteiger partial charge in [0, 0.05) is 12.1 Å². The number of benzene rings is 1. The molecule has 0 atom stereocenters. The first kappa shape index (κ1) is 17.7. The number of hydrogen-bond acceptors (Lipinski definition) is 3. The van der Waals surface area contributed by atoms with E-state index < -0.39 is 17.3 Å². The summed E-state index contributed by atoms with van der Waals surface area (Å²) in [6.45, 7) is 3.59. The zero-order chi connectivity index (χ0) is 17.7. The molecule has 1 heterocycles. The summed E-state index contributed by atoms with van der Waals surface area (Å²) in [5, 5.41) is 12.0. The molecule has 2 rings (SSSR count). The van der Waals surface area contributed by atoms with Crippen LogP contribution >= 0.6 is 0 Å². The fraction of sp³-hybridized carbons (Fsp3) is 0.333. The van der Waals surface area contributed by atoms with E-state index in [2.05, 4.69) is 5.32 Å². The predicted molar refractivity (Wildman–Crippen MR) is 87.1 cm³/mol. The minimum Gasteiger partial charge on any atom is -0.481 e. The van der Waals surface area contributed by atoms with Gasteiger partial charge in [0.2, 0.25) is 0 Å². The molecular formula is C18H20FNO4. The summed E-state index contributed by atoms with van der Waals surface area (Å²) in [7, 11) is 0. The number of furan rings is 1. The third kappa shape index (κ3) is 3.64. The minimum atomic E-state index is -0.984. The van der Waals surface area contributed by atoms with E-state index in [9.17, 15) is 19.1 Å². The zero-order valence-electron chi connectivity index (χ0n) is 13.6. The summed E-state index contributed by atoms with van der Waals surface area (Å²) >= 11 is 0. The monoisotopic (exact) mass is 333 g/mol. The Bertz CT molecular complexity index is 717. The Kier molecular flexibility index (Phi) is 5.39. The van der Waals surface area contributed by atoms with Crippen molar-refractivity contribution in [1.82, 2.24) is 5.32 Å². The first-order valence-electron chi connectivity index (χ1n) is 7.79. The number of aliphatic carboxylic acids is 1. The van der Waals surface area contributed by atoms with Crippen LogP contribution in [0.25, 0.3) is 11.3 Å². The first-order valence-corrected chi connectivity index (χ1v) is 7.79.